The lowest BCUT2D eigenvalue weighted by Crippen LogP contribution is -1.94. The molecule has 2 heterocycles. The lowest BCUT2D eigenvalue weighted by Gasteiger charge is -2.04. The second-order valence-electron chi connectivity index (χ2n) is 3.46. The van der Waals surface area contributed by atoms with Crippen LogP contribution in [-0.2, 0) is 0 Å². The molecule has 0 spiro atoms. The van der Waals surface area contributed by atoms with Crippen LogP contribution in [0.5, 0.6) is 0 Å². The Morgan fingerprint density at radius 1 is 1.18 bits per heavy atom. The predicted molar refractivity (Wildman–Crippen MR) is 68.9 cm³/mol. The number of hydrogen-bond donors (Lipinski definition) is 0. The quantitative estimate of drug-likeness (QED) is 0.648. The molecule has 0 aliphatic carbocycles. The van der Waals surface area contributed by atoms with E-state index in [4.69, 9.17) is 11.6 Å². The summed E-state index contributed by atoms with van der Waals surface area (Å²) in [5.41, 5.74) is 1.82. The fraction of sp³-hybridized carbons (Fsp3) is 0. The molecule has 0 saturated heterocycles. The van der Waals surface area contributed by atoms with Gasteiger partial charge in [0.2, 0.25) is 0 Å². The van der Waals surface area contributed by atoms with Crippen molar-refractivity contribution >= 4 is 33.3 Å². The van der Waals surface area contributed by atoms with Crippen LogP contribution in [0.25, 0.3) is 16.9 Å². The van der Waals surface area contributed by atoms with Crippen molar-refractivity contribution in [1.82, 2.24) is 19.6 Å². The Morgan fingerprint density at radius 3 is 2.71 bits per heavy atom. The van der Waals surface area contributed by atoms with Crippen LogP contribution < -0.4 is 0 Å². The van der Waals surface area contributed by atoms with Crippen LogP contribution in [-0.4, -0.2) is 19.6 Å². The molecule has 0 aliphatic rings. The summed E-state index contributed by atoms with van der Waals surface area (Å²) in [4.78, 5) is 8.15. The molecule has 0 atom stereocenters. The summed E-state index contributed by atoms with van der Waals surface area (Å²) in [6.45, 7) is 0. The van der Waals surface area contributed by atoms with E-state index in [-0.39, 0.29) is 0 Å². The first-order chi connectivity index (χ1) is 8.24. The highest BCUT2D eigenvalue weighted by Gasteiger charge is 2.08. The predicted octanol–water partition coefficient (Wildman–Crippen LogP) is 3.21. The van der Waals surface area contributed by atoms with Gasteiger partial charge in [-0.05, 0) is 17.7 Å². The zero-order valence-electron chi connectivity index (χ0n) is 8.51. The maximum absolute atomic E-state index is 6.13. The molecular weight excluding hydrogens is 304 g/mol. The molecule has 0 fully saturated rings. The normalized spacial score (nSPS) is 10.9. The highest BCUT2D eigenvalue weighted by molar-refractivity contribution is 9.10. The fourth-order valence-corrected chi connectivity index (χ4v) is 2.06. The maximum Gasteiger partial charge on any atom is 0.253 e. The van der Waals surface area contributed by atoms with E-state index in [1.165, 1.54) is 6.33 Å². The SMILES string of the molecule is Clc1nc2ncnn2cc1-c1ccc(Br)cc1. The Morgan fingerprint density at radius 2 is 1.94 bits per heavy atom. The molecule has 0 unspecified atom stereocenters. The third kappa shape index (κ3) is 1.92. The van der Waals surface area contributed by atoms with Crippen LogP contribution in [0.15, 0.2) is 41.3 Å². The average molecular weight is 310 g/mol. The fourth-order valence-electron chi connectivity index (χ4n) is 1.56. The molecular formula is C11H6BrClN4. The van der Waals surface area contributed by atoms with E-state index in [2.05, 4.69) is 31.0 Å². The summed E-state index contributed by atoms with van der Waals surface area (Å²) in [5, 5.41) is 4.46. The summed E-state index contributed by atoms with van der Waals surface area (Å²) in [7, 11) is 0. The lowest BCUT2D eigenvalue weighted by molar-refractivity contribution is 0.941. The standard InChI is InChI=1S/C11H6BrClN4/c12-8-3-1-7(2-4-8)9-5-17-11(14-6-15-17)16-10(9)13/h1-6H. The number of halogens is 2. The van der Waals surface area contributed by atoms with Crippen molar-refractivity contribution in [3.05, 3.63) is 46.4 Å². The smallest absolute Gasteiger partial charge is 0.204 e. The number of nitrogens with zero attached hydrogens (tertiary/aromatic N) is 4. The van der Waals surface area contributed by atoms with Gasteiger partial charge in [-0.3, -0.25) is 0 Å². The molecule has 1 aromatic carbocycles. The van der Waals surface area contributed by atoms with E-state index in [0.717, 1.165) is 15.6 Å². The minimum atomic E-state index is 0.424. The Bertz CT molecular complexity index is 678. The van der Waals surface area contributed by atoms with Gasteiger partial charge in [-0.25, -0.2) is 4.52 Å². The molecule has 17 heavy (non-hydrogen) atoms. The van der Waals surface area contributed by atoms with Crippen LogP contribution in [0.4, 0.5) is 0 Å². The average Bonchev–Trinajstić information content (AvgIpc) is 2.76. The molecule has 84 valence electrons. The molecule has 0 amide bonds. The number of hydrogen-bond acceptors (Lipinski definition) is 3. The van der Waals surface area contributed by atoms with Crippen molar-refractivity contribution in [3.8, 4) is 11.1 Å². The lowest BCUT2D eigenvalue weighted by atomic mass is 10.1. The van der Waals surface area contributed by atoms with Crippen molar-refractivity contribution in [2.24, 2.45) is 0 Å². The highest BCUT2D eigenvalue weighted by Crippen LogP contribution is 2.27. The summed E-state index contributed by atoms with van der Waals surface area (Å²) < 4.78 is 2.62. The van der Waals surface area contributed by atoms with Crippen LogP contribution in [0, 0.1) is 0 Å². The van der Waals surface area contributed by atoms with Crippen molar-refractivity contribution in [2.75, 3.05) is 0 Å². The zero-order chi connectivity index (χ0) is 11.8. The van der Waals surface area contributed by atoms with E-state index in [9.17, 15) is 0 Å². The van der Waals surface area contributed by atoms with Crippen LogP contribution in [0.1, 0.15) is 0 Å². The number of benzene rings is 1. The first-order valence-corrected chi connectivity index (χ1v) is 6.03. The molecule has 2 aromatic heterocycles. The van der Waals surface area contributed by atoms with Gasteiger partial charge in [0.05, 0.1) is 0 Å². The molecule has 4 nitrogen and oxygen atoms in total. The minimum Gasteiger partial charge on any atom is -0.204 e. The van der Waals surface area contributed by atoms with Crippen molar-refractivity contribution in [3.63, 3.8) is 0 Å². The van der Waals surface area contributed by atoms with Gasteiger partial charge in [0.1, 0.15) is 11.5 Å². The number of fused-ring (bicyclic) bond motifs is 1. The van der Waals surface area contributed by atoms with Gasteiger partial charge < -0.3 is 0 Å². The van der Waals surface area contributed by atoms with Crippen LogP contribution in [0.3, 0.4) is 0 Å². The zero-order valence-corrected chi connectivity index (χ0v) is 10.9. The topological polar surface area (TPSA) is 43.1 Å². The molecule has 3 aromatic rings. The van der Waals surface area contributed by atoms with E-state index >= 15 is 0 Å². The Kier molecular flexibility index (Phi) is 2.57. The Labute approximate surface area is 110 Å². The minimum absolute atomic E-state index is 0.424. The molecule has 0 bridgehead atoms. The second-order valence-corrected chi connectivity index (χ2v) is 4.73. The van der Waals surface area contributed by atoms with Gasteiger partial charge >= 0.3 is 0 Å². The van der Waals surface area contributed by atoms with Crippen molar-refractivity contribution in [1.29, 1.82) is 0 Å². The first kappa shape index (κ1) is 10.7. The number of rotatable bonds is 1. The van der Waals surface area contributed by atoms with E-state index < -0.39 is 0 Å². The van der Waals surface area contributed by atoms with Gasteiger partial charge in [0.25, 0.3) is 5.78 Å². The van der Waals surface area contributed by atoms with Gasteiger partial charge in [-0.15, -0.1) is 0 Å². The van der Waals surface area contributed by atoms with Gasteiger partial charge in [-0.2, -0.15) is 15.1 Å². The largest absolute Gasteiger partial charge is 0.253 e. The van der Waals surface area contributed by atoms with Crippen LogP contribution in [0.2, 0.25) is 5.15 Å². The highest BCUT2D eigenvalue weighted by atomic mass is 79.9. The summed E-state index contributed by atoms with van der Waals surface area (Å²) >= 11 is 9.52. The van der Waals surface area contributed by atoms with E-state index in [1.807, 2.05) is 30.5 Å². The Balaban J connectivity index is 2.21. The van der Waals surface area contributed by atoms with Crippen LogP contribution >= 0.6 is 27.5 Å². The second kappa shape index (κ2) is 4.09. The van der Waals surface area contributed by atoms with E-state index in [1.54, 1.807) is 4.52 Å². The molecule has 0 aliphatic heterocycles. The van der Waals surface area contributed by atoms with E-state index in [0.29, 0.717) is 10.9 Å². The molecule has 0 saturated carbocycles. The van der Waals surface area contributed by atoms with Crippen molar-refractivity contribution in [2.45, 2.75) is 0 Å². The molecule has 3 rings (SSSR count). The Hall–Kier alpha value is -1.46. The van der Waals surface area contributed by atoms with Gasteiger partial charge in [0.15, 0.2) is 0 Å². The molecule has 6 heteroatoms. The maximum atomic E-state index is 6.13. The summed E-state index contributed by atoms with van der Waals surface area (Å²) in [6, 6.07) is 7.85. The molecule has 0 N–H and O–H groups in total. The first-order valence-electron chi connectivity index (χ1n) is 4.86. The summed E-state index contributed by atoms with van der Waals surface area (Å²) in [5.74, 6) is 0.496. The van der Waals surface area contributed by atoms with Gasteiger partial charge in [-0.1, -0.05) is 39.7 Å². The number of aromatic nitrogens is 4. The van der Waals surface area contributed by atoms with Gasteiger partial charge in [0, 0.05) is 16.2 Å². The van der Waals surface area contributed by atoms with Crippen molar-refractivity contribution < 1.29 is 0 Å². The molecule has 0 radical (unpaired) electrons. The third-order valence-corrected chi connectivity index (χ3v) is 3.20. The third-order valence-electron chi connectivity index (χ3n) is 2.38. The summed E-state index contributed by atoms with van der Waals surface area (Å²) in [6.07, 6.45) is 3.27. The monoisotopic (exact) mass is 308 g/mol.